The van der Waals surface area contributed by atoms with Gasteiger partial charge in [0, 0.05) is 43.4 Å². The molecule has 3 rings (SSSR count). The van der Waals surface area contributed by atoms with Crippen LogP contribution < -0.4 is 10.2 Å². The number of likely N-dealkylation sites (N-methyl/N-ethyl adjacent to an activating group) is 1. The molecular weight excluding hydrogens is 352 g/mol. The zero-order valence-electron chi connectivity index (χ0n) is 15.9. The van der Waals surface area contributed by atoms with Gasteiger partial charge in [-0.1, -0.05) is 0 Å². The first-order valence-corrected chi connectivity index (χ1v) is 9.01. The Balaban J connectivity index is 1.58. The predicted molar refractivity (Wildman–Crippen MR) is 110 cm³/mol. The molecule has 1 N–H and O–H groups in total. The van der Waals surface area contributed by atoms with Crippen molar-refractivity contribution >= 4 is 23.2 Å². The summed E-state index contributed by atoms with van der Waals surface area (Å²) in [6.45, 7) is 2.32. The Morgan fingerprint density at radius 3 is 2.25 bits per heavy atom. The Morgan fingerprint density at radius 2 is 1.64 bits per heavy atom. The van der Waals surface area contributed by atoms with E-state index in [2.05, 4.69) is 15.3 Å². The third-order valence-corrected chi connectivity index (χ3v) is 4.44. The van der Waals surface area contributed by atoms with E-state index in [0.29, 0.717) is 16.8 Å². The van der Waals surface area contributed by atoms with Crippen molar-refractivity contribution in [1.29, 1.82) is 0 Å². The van der Waals surface area contributed by atoms with Gasteiger partial charge in [0.2, 0.25) is 0 Å². The number of pyridine rings is 2. The maximum atomic E-state index is 12.4. The van der Waals surface area contributed by atoms with Crippen LogP contribution in [0.4, 0.5) is 11.5 Å². The molecule has 0 saturated carbocycles. The number of anilines is 2. The Morgan fingerprint density at radius 1 is 0.964 bits per heavy atom. The fourth-order valence-electron chi connectivity index (χ4n) is 2.70. The number of carbonyl (C=O) groups excluding carboxylic acids is 2. The Hall–Kier alpha value is -3.54. The topological polar surface area (TPSA) is 75.2 Å². The van der Waals surface area contributed by atoms with Crippen LogP contribution in [0.25, 0.3) is 0 Å². The van der Waals surface area contributed by atoms with Crippen molar-refractivity contribution in [2.75, 3.05) is 23.8 Å². The molecule has 2 heterocycles. The molecule has 0 unspecified atom stereocenters. The highest BCUT2D eigenvalue weighted by Crippen LogP contribution is 2.14. The minimum Gasteiger partial charge on any atom is -0.359 e. The van der Waals surface area contributed by atoms with Gasteiger partial charge in [0.25, 0.3) is 5.91 Å². The summed E-state index contributed by atoms with van der Waals surface area (Å²) < 4.78 is 0. The van der Waals surface area contributed by atoms with Gasteiger partial charge in [-0.2, -0.15) is 0 Å². The zero-order valence-corrected chi connectivity index (χ0v) is 15.9. The van der Waals surface area contributed by atoms with Crippen molar-refractivity contribution in [2.45, 2.75) is 13.3 Å². The lowest BCUT2D eigenvalue weighted by atomic mass is 10.1. The van der Waals surface area contributed by atoms with Crippen LogP contribution in [0.15, 0.2) is 67.1 Å². The van der Waals surface area contributed by atoms with Crippen LogP contribution >= 0.6 is 0 Å². The summed E-state index contributed by atoms with van der Waals surface area (Å²) in [5.41, 5.74) is 2.93. The molecular formula is C22H22N4O2. The standard InChI is InChI=1S/C22H22N4O2/c1-16(27)18-3-6-20(7-4-18)25-22(28)19-5-8-21(24-15-19)26(2)14-11-17-9-12-23-13-10-17/h3-10,12-13,15H,11,14H2,1-2H3,(H,25,28). The van der Waals surface area contributed by atoms with E-state index < -0.39 is 0 Å². The second-order valence-corrected chi connectivity index (χ2v) is 6.52. The molecule has 0 saturated heterocycles. The third-order valence-electron chi connectivity index (χ3n) is 4.44. The summed E-state index contributed by atoms with van der Waals surface area (Å²) in [5.74, 6) is 0.552. The highest BCUT2D eigenvalue weighted by molar-refractivity contribution is 6.04. The summed E-state index contributed by atoms with van der Waals surface area (Å²) in [6, 6.07) is 14.4. The van der Waals surface area contributed by atoms with E-state index in [1.807, 2.05) is 30.1 Å². The van der Waals surface area contributed by atoms with Crippen molar-refractivity contribution in [3.63, 3.8) is 0 Å². The van der Waals surface area contributed by atoms with Crippen LogP contribution in [0.1, 0.15) is 33.2 Å². The Bertz CT molecular complexity index is 939. The van der Waals surface area contributed by atoms with Gasteiger partial charge in [0.15, 0.2) is 5.78 Å². The maximum absolute atomic E-state index is 12.4. The fourth-order valence-corrected chi connectivity index (χ4v) is 2.70. The van der Waals surface area contributed by atoms with E-state index in [9.17, 15) is 9.59 Å². The molecule has 0 spiro atoms. The van der Waals surface area contributed by atoms with E-state index in [1.165, 1.54) is 12.5 Å². The van der Waals surface area contributed by atoms with E-state index in [4.69, 9.17) is 0 Å². The van der Waals surface area contributed by atoms with Crippen LogP contribution in [0, 0.1) is 0 Å². The first-order valence-electron chi connectivity index (χ1n) is 9.01. The van der Waals surface area contributed by atoms with E-state index in [-0.39, 0.29) is 11.7 Å². The number of aromatic nitrogens is 2. The molecule has 0 aliphatic carbocycles. The van der Waals surface area contributed by atoms with E-state index in [1.54, 1.807) is 48.9 Å². The molecule has 3 aromatic rings. The van der Waals surface area contributed by atoms with Crippen molar-refractivity contribution in [1.82, 2.24) is 9.97 Å². The monoisotopic (exact) mass is 374 g/mol. The molecule has 0 radical (unpaired) electrons. The number of Topliss-reactive ketones (excluding diaryl/α,β-unsaturated/α-hetero) is 1. The largest absolute Gasteiger partial charge is 0.359 e. The quantitative estimate of drug-likeness (QED) is 0.640. The minimum absolute atomic E-state index is 0.00860. The van der Waals surface area contributed by atoms with Gasteiger partial charge < -0.3 is 10.2 Å². The number of rotatable bonds is 7. The summed E-state index contributed by atoms with van der Waals surface area (Å²) in [5, 5.41) is 2.81. The number of nitrogens with zero attached hydrogens (tertiary/aromatic N) is 3. The van der Waals surface area contributed by atoms with E-state index in [0.717, 1.165) is 18.8 Å². The molecule has 0 fully saturated rings. The molecule has 0 atom stereocenters. The van der Waals surface area contributed by atoms with Crippen molar-refractivity contribution < 1.29 is 9.59 Å². The van der Waals surface area contributed by atoms with Crippen molar-refractivity contribution in [3.8, 4) is 0 Å². The SMILES string of the molecule is CC(=O)c1ccc(NC(=O)c2ccc(N(C)CCc3ccncc3)nc2)cc1. The van der Waals surface area contributed by atoms with Crippen molar-refractivity contribution in [2.24, 2.45) is 0 Å². The molecule has 2 aromatic heterocycles. The lowest BCUT2D eigenvalue weighted by molar-refractivity contribution is 0.101. The highest BCUT2D eigenvalue weighted by Gasteiger charge is 2.09. The first-order chi connectivity index (χ1) is 13.5. The number of ketones is 1. The second kappa shape index (κ2) is 8.90. The molecule has 6 heteroatoms. The average molecular weight is 374 g/mol. The summed E-state index contributed by atoms with van der Waals surface area (Å²) in [4.78, 5) is 34.2. The highest BCUT2D eigenvalue weighted by atomic mass is 16.1. The number of benzene rings is 1. The molecule has 0 aliphatic rings. The number of carbonyl (C=O) groups is 2. The number of hydrogen-bond donors (Lipinski definition) is 1. The molecule has 6 nitrogen and oxygen atoms in total. The molecule has 28 heavy (non-hydrogen) atoms. The molecule has 1 amide bonds. The van der Waals surface area contributed by atoms with Gasteiger partial charge in [-0.15, -0.1) is 0 Å². The van der Waals surface area contributed by atoms with Crippen LogP contribution in [0.2, 0.25) is 0 Å². The van der Waals surface area contributed by atoms with Gasteiger partial charge in [-0.05, 0) is 67.4 Å². The van der Waals surface area contributed by atoms with E-state index >= 15 is 0 Å². The summed E-state index contributed by atoms with van der Waals surface area (Å²) >= 11 is 0. The number of nitrogens with one attached hydrogen (secondary N) is 1. The van der Waals surface area contributed by atoms with Gasteiger partial charge in [0.1, 0.15) is 5.82 Å². The average Bonchev–Trinajstić information content (AvgIpc) is 2.73. The molecule has 142 valence electrons. The Labute approximate surface area is 164 Å². The lowest BCUT2D eigenvalue weighted by Gasteiger charge is -2.18. The van der Waals surface area contributed by atoms with Crippen LogP contribution in [-0.4, -0.2) is 35.3 Å². The lowest BCUT2D eigenvalue weighted by Crippen LogP contribution is -2.21. The minimum atomic E-state index is -0.242. The second-order valence-electron chi connectivity index (χ2n) is 6.52. The molecule has 0 aliphatic heterocycles. The summed E-state index contributed by atoms with van der Waals surface area (Å²) in [6.07, 6.45) is 6.03. The normalized spacial score (nSPS) is 10.4. The van der Waals surface area contributed by atoms with Gasteiger partial charge in [-0.25, -0.2) is 4.98 Å². The maximum Gasteiger partial charge on any atom is 0.257 e. The number of amides is 1. The first kappa shape index (κ1) is 19.2. The van der Waals surface area contributed by atoms with Crippen LogP contribution in [0.5, 0.6) is 0 Å². The predicted octanol–water partition coefficient (Wildman–Crippen LogP) is 3.61. The van der Waals surface area contributed by atoms with Crippen LogP contribution in [-0.2, 0) is 6.42 Å². The smallest absolute Gasteiger partial charge is 0.257 e. The van der Waals surface area contributed by atoms with Gasteiger partial charge >= 0.3 is 0 Å². The molecule has 1 aromatic carbocycles. The van der Waals surface area contributed by atoms with Gasteiger partial charge in [0.05, 0.1) is 5.56 Å². The van der Waals surface area contributed by atoms with Crippen molar-refractivity contribution in [3.05, 3.63) is 83.8 Å². The Kier molecular flexibility index (Phi) is 6.11. The van der Waals surface area contributed by atoms with Gasteiger partial charge in [-0.3, -0.25) is 14.6 Å². The fraction of sp³-hybridized carbons (Fsp3) is 0.182. The summed E-state index contributed by atoms with van der Waals surface area (Å²) in [7, 11) is 1.97. The zero-order chi connectivity index (χ0) is 19.9. The third kappa shape index (κ3) is 5.01. The van der Waals surface area contributed by atoms with Crippen LogP contribution in [0.3, 0.4) is 0 Å². The number of hydrogen-bond acceptors (Lipinski definition) is 5. The molecule has 0 bridgehead atoms.